The van der Waals surface area contributed by atoms with Gasteiger partial charge in [-0.2, -0.15) is 4.98 Å². The van der Waals surface area contributed by atoms with Gasteiger partial charge in [0.15, 0.2) is 11.2 Å². The maximum Gasteiger partial charge on any atom is 0.306 e. The number of ketones is 1. The fourth-order valence-corrected chi connectivity index (χ4v) is 5.24. The highest BCUT2D eigenvalue weighted by molar-refractivity contribution is 5.84. The molecule has 1 unspecified atom stereocenters. The third kappa shape index (κ3) is 13.5. The van der Waals surface area contributed by atoms with Crippen LogP contribution in [0.5, 0.6) is 0 Å². The Morgan fingerprint density at radius 3 is 2.00 bits per heavy atom. The summed E-state index contributed by atoms with van der Waals surface area (Å²) in [6.07, 6.45) is 20.7. The Balaban J connectivity index is 1.72. The van der Waals surface area contributed by atoms with Crippen molar-refractivity contribution < 1.29 is 14.3 Å². The number of hydrogen-bond acceptors (Lipinski definition) is 8. The molecule has 0 amide bonds. The van der Waals surface area contributed by atoms with Crippen LogP contribution in [0.3, 0.4) is 0 Å². The van der Waals surface area contributed by atoms with Crippen molar-refractivity contribution in [3.05, 3.63) is 16.7 Å². The minimum Gasteiger partial charge on any atom is -0.460 e. The predicted molar refractivity (Wildman–Crippen MR) is 169 cm³/mol. The van der Waals surface area contributed by atoms with E-state index in [9.17, 15) is 14.4 Å². The van der Waals surface area contributed by atoms with Crippen LogP contribution in [-0.2, 0) is 20.9 Å². The summed E-state index contributed by atoms with van der Waals surface area (Å²) in [7, 11) is 0. The van der Waals surface area contributed by atoms with Crippen molar-refractivity contribution in [1.82, 2.24) is 19.5 Å². The molecule has 5 N–H and O–H groups in total. The molecule has 0 aromatic carbocycles. The van der Waals surface area contributed by atoms with E-state index in [1.54, 1.807) is 4.57 Å². The first-order chi connectivity index (χ1) is 20.2. The smallest absolute Gasteiger partial charge is 0.306 e. The standard InChI is InChI=1S/C32H56N6O4/c1-4-5-6-7-8-9-10-11-12-13-14-15-16-17-18-19-27(40)42-25(20-21-26(39)28(33)24(2)3)22-38-23-35-29-30(38)36-32(34)37-31(29)41/h23-25,28H,4-22,33H2,1-3H3,(H3,34,36,37,41)/t25?,28-/m0/s1. The first-order valence-electron chi connectivity index (χ1n) is 16.4. The van der Waals surface area contributed by atoms with E-state index in [2.05, 4.69) is 21.9 Å². The molecule has 10 nitrogen and oxygen atoms in total. The summed E-state index contributed by atoms with van der Waals surface area (Å²) < 4.78 is 7.46. The number of esters is 1. The van der Waals surface area contributed by atoms with E-state index < -0.39 is 17.7 Å². The van der Waals surface area contributed by atoms with Gasteiger partial charge in [-0.05, 0) is 18.8 Å². The summed E-state index contributed by atoms with van der Waals surface area (Å²) in [5.74, 6) is -0.345. The number of rotatable bonds is 24. The zero-order valence-corrected chi connectivity index (χ0v) is 26.4. The van der Waals surface area contributed by atoms with Crippen molar-refractivity contribution in [3.63, 3.8) is 0 Å². The number of unbranched alkanes of at least 4 members (excludes halogenated alkanes) is 14. The molecule has 0 saturated heterocycles. The molecule has 238 valence electrons. The number of carbonyl (C=O) groups is 2. The molecular weight excluding hydrogens is 532 g/mol. The van der Waals surface area contributed by atoms with Crippen LogP contribution in [-0.4, -0.2) is 43.4 Å². The molecule has 0 spiro atoms. The lowest BCUT2D eigenvalue weighted by Crippen LogP contribution is -2.36. The number of nitrogens with one attached hydrogen (secondary N) is 1. The Labute approximate surface area is 251 Å². The second kappa shape index (κ2) is 20.2. The monoisotopic (exact) mass is 588 g/mol. The van der Waals surface area contributed by atoms with Crippen LogP contribution in [0.4, 0.5) is 5.95 Å². The van der Waals surface area contributed by atoms with E-state index in [4.69, 9.17) is 16.2 Å². The van der Waals surface area contributed by atoms with Gasteiger partial charge in [-0.3, -0.25) is 19.4 Å². The molecular formula is C32H56N6O4. The van der Waals surface area contributed by atoms with E-state index in [1.807, 2.05) is 13.8 Å². The molecule has 2 rings (SSSR count). The van der Waals surface area contributed by atoms with Gasteiger partial charge in [-0.1, -0.05) is 111 Å². The van der Waals surface area contributed by atoms with Crippen LogP contribution in [0.1, 0.15) is 136 Å². The van der Waals surface area contributed by atoms with E-state index >= 15 is 0 Å². The SMILES string of the molecule is CCCCCCCCCCCCCCCCCC(=O)OC(CCC(=O)[C@@H](N)C(C)C)Cn1cnc2c(=O)[nH]c(N)nc21. The molecule has 42 heavy (non-hydrogen) atoms. The molecule has 2 atom stereocenters. The molecule has 2 heterocycles. The number of aromatic nitrogens is 4. The van der Waals surface area contributed by atoms with Gasteiger partial charge in [0, 0.05) is 12.8 Å². The summed E-state index contributed by atoms with van der Waals surface area (Å²) in [6.45, 7) is 6.28. The summed E-state index contributed by atoms with van der Waals surface area (Å²) in [5, 5.41) is 0. The van der Waals surface area contributed by atoms with E-state index in [0.29, 0.717) is 18.5 Å². The largest absolute Gasteiger partial charge is 0.460 e. The maximum absolute atomic E-state index is 12.7. The van der Waals surface area contributed by atoms with Crippen LogP contribution in [0.25, 0.3) is 11.2 Å². The molecule has 0 aliphatic heterocycles. The third-order valence-electron chi connectivity index (χ3n) is 7.98. The van der Waals surface area contributed by atoms with Crippen LogP contribution in [0.15, 0.2) is 11.1 Å². The highest BCUT2D eigenvalue weighted by Gasteiger charge is 2.22. The zero-order valence-electron chi connectivity index (χ0n) is 26.4. The number of carbonyl (C=O) groups excluding carboxylic acids is 2. The van der Waals surface area contributed by atoms with Gasteiger partial charge in [-0.15, -0.1) is 0 Å². The molecule has 0 aliphatic carbocycles. The number of nitrogens with two attached hydrogens (primary N) is 2. The summed E-state index contributed by atoms with van der Waals surface area (Å²) in [5.41, 5.74) is 11.8. The van der Waals surface area contributed by atoms with Gasteiger partial charge < -0.3 is 20.8 Å². The molecule has 0 radical (unpaired) electrons. The number of nitrogen functional groups attached to an aromatic ring is 1. The Morgan fingerprint density at radius 2 is 1.45 bits per heavy atom. The lowest BCUT2D eigenvalue weighted by molar-refractivity contribution is -0.150. The number of nitrogens with zero attached hydrogens (tertiary/aromatic N) is 3. The average Bonchev–Trinajstić information content (AvgIpc) is 3.35. The summed E-state index contributed by atoms with van der Waals surface area (Å²) in [4.78, 5) is 48.2. The number of fused-ring (bicyclic) bond motifs is 1. The number of H-pyrrole nitrogens is 1. The summed E-state index contributed by atoms with van der Waals surface area (Å²) >= 11 is 0. The van der Waals surface area contributed by atoms with Crippen molar-refractivity contribution in [2.75, 3.05) is 5.73 Å². The number of ether oxygens (including phenoxy) is 1. The van der Waals surface area contributed by atoms with Crippen molar-refractivity contribution in [1.29, 1.82) is 0 Å². The fourth-order valence-electron chi connectivity index (χ4n) is 5.24. The van der Waals surface area contributed by atoms with E-state index in [1.165, 1.54) is 83.4 Å². The van der Waals surface area contributed by atoms with Crippen LogP contribution < -0.4 is 17.0 Å². The zero-order chi connectivity index (χ0) is 30.7. The Morgan fingerprint density at radius 1 is 0.905 bits per heavy atom. The number of Topliss-reactive ketones (excluding diaryl/α,β-unsaturated/α-hetero) is 1. The highest BCUT2D eigenvalue weighted by atomic mass is 16.5. The van der Waals surface area contributed by atoms with Gasteiger partial charge >= 0.3 is 5.97 Å². The predicted octanol–water partition coefficient (Wildman–Crippen LogP) is 6.21. The van der Waals surface area contributed by atoms with Crippen molar-refractivity contribution in [3.8, 4) is 0 Å². The lowest BCUT2D eigenvalue weighted by atomic mass is 9.97. The minimum atomic E-state index is -0.586. The average molecular weight is 589 g/mol. The fraction of sp³-hybridized carbons (Fsp3) is 0.781. The number of hydrogen-bond donors (Lipinski definition) is 3. The molecule has 0 aliphatic rings. The van der Waals surface area contributed by atoms with Crippen LogP contribution in [0.2, 0.25) is 0 Å². The second-order valence-electron chi connectivity index (χ2n) is 12.1. The van der Waals surface area contributed by atoms with Crippen molar-refractivity contribution in [2.24, 2.45) is 11.7 Å². The minimum absolute atomic E-state index is 0.0194. The first kappa shape index (κ1) is 35.4. The molecule has 0 saturated carbocycles. The Bertz CT molecular complexity index is 1110. The van der Waals surface area contributed by atoms with Gasteiger partial charge in [0.2, 0.25) is 5.95 Å². The molecule has 0 fully saturated rings. The Kier molecular flexibility index (Phi) is 17.1. The quantitative estimate of drug-likeness (QED) is 0.0964. The Hall–Kier alpha value is -2.75. The molecule has 2 aromatic heterocycles. The normalized spacial score (nSPS) is 13.1. The maximum atomic E-state index is 12.7. The molecule has 0 bridgehead atoms. The number of imidazole rings is 1. The van der Waals surface area contributed by atoms with Crippen LogP contribution in [0, 0.1) is 5.92 Å². The third-order valence-corrected chi connectivity index (χ3v) is 7.98. The van der Waals surface area contributed by atoms with E-state index in [0.717, 1.165) is 19.3 Å². The number of anilines is 1. The van der Waals surface area contributed by atoms with Gasteiger partial charge in [-0.25, -0.2) is 4.98 Å². The first-order valence-corrected chi connectivity index (χ1v) is 16.4. The topological polar surface area (TPSA) is 159 Å². The second-order valence-corrected chi connectivity index (χ2v) is 12.1. The van der Waals surface area contributed by atoms with Crippen LogP contribution >= 0.6 is 0 Å². The van der Waals surface area contributed by atoms with Crippen molar-refractivity contribution in [2.45, 2.75) is 155 Å². The van der Waals surface area contributed by atoms with Gasteiger partial charge in [0.25, 0.3) is 5.56 Å². The van der Waals surface area contributed by atoms with Gasteiger partial charge in [0.05, 0.1) is 18.9 Å². The lowest BCUT2D eigenvalue weighted by Gasteiger charge is -2.20. The molecule has 2 aromatic rings. The molecule has 10 heteroatoms. The highest BCUT2D eigenvalue weighted by Crippen LogP contribution is 2.17. The summed E-state index contributed by atoms with van der Waals surface area (Å²) in [6, 6.07) is -0.559. The number of aromatic amines is 1. The van der Waals surface area contributed by atoms with Crippen molar-refractivity contribution >= 4 is 28.9 Å². The van der Waals surface area contributed by atoms with E-state index in [-0.39, 0.29) is 42.1 Å². The van der Waals surface area contributed by atoms with Gasteiger partial charge in [0.1, 0.15) is 11.9 Å².